The van der Waals surface area contributed by atoms with Gasteiger partial charge < -0.3 is 20.3 Å². The standard InChI is InChI=1S/C13H22N2O3S/c1-9-13(19-8-15-9)2-3-18-7-12(17)6-14-10-4-11(16)5-10/h8,10-12,14,16-17H,2-7H2,1H3. The molecule has 0 bridgehead atoms. The number of nitrogens with one attached hydrogen (secondary N) is 1. The van der Waals surface area contributed by atoms with E-state index in [0.717, 1.165) is 25.0 Å². The van der Waals surface area contributed by atoms with Gasteiger partial charge in [0, 0.05) is 23.9 Å². The molecule has 1 aliphatic carbocycles. The van der Waals surface area contributed by atoms with E-state index in [1.54, 1.807) is 11.3 Å². The van der Waals surface area contributed by atoms with Crippen LogP contribution in [0, 0.1) is 6.92 Å². The third-order valence-electron chi connectivity index (χ3n) is 3.38. The molecule has 3 N–H and O–H groups in total. The molecule has 6 heteroatoms. The zero-order chi connectivity index (χ0) is 13.7. The van der Waals surface area contributed by atoms with Crippen molar-refractivity contribution in [1.29, 1.82) is 0 Å². The Balaban J connectivity index is 1.49. The first kappa shape index (κ1) is 14.9. The van der Waals surface area contributed by atoms with E-state index in [0.29, 0.717) is 25.8 Å². The van der Waals surface area contributed by atoms with Crippen molar-refractivity contribution in [3.05, 3.63) is 16.1 Å². The molecule has 1 heterocycles. The van der Waals surface area contributed by atoms with Crippen molar-refractivity contribution < 1.29 is 14.9 Å². The number of hydrogen-bond acceptors (Lipinski definition) is 6. The third kappa shape index (κ3) is 4.81. The summed E-state index contributed by atoms with van der Waals surface area (Å²) < 4.78 is 5.47. The zero-order valence-electron chi connectivity index (χ0n) is 11.2. The monoisotopic (exact) mass is 286 g/mol. The molecule has 1 fully saturated rings. The fraction of sp³-hybridized carbons (Fsp3) is 0.769. The molecule has 108 valence electrons. The number of hydrogen-bond donors (Lipinski definition) is 3. The summed E-state index contributed by atoms with van der Waals surface area (Å²) in [5.41, 5.74) is 2.91. The average molecular weight is 286 g/mol. The summed E-state index contributed by atoms with van der Waals surface area (Å²) in [4.78, 5) is 5.43. The van der Waals surface area contributed by atoms with Crippen LogP contribution in [0.3, 0.4) is 0 Å². The van der Waals surface area contributed by atoms with E-state index in [9.17, 15) is 5.11 Å². The molecule has 19 heavy (non-hydrogen) atoms. The molecule has 1 atom stereocenters. The molecular formula is C13H22N2O3S. The Morgan fingerprint density at radius 1 is 1.58 bits per heavy atom. The van der Waals surface area contributed by atoms with Crippen LogP contribution in [0.15, 0.2) is 5.51 Å². The average Bonchev–Trinajstić information content (AvgIpc) is 2.75. The minimum atomic E-state index is -0.486. The summed E-state index contributed by atoms with van der Waals surface area (Å²) in [6, 6.07) is 0.351. The van der Waals surface area contributed by atoms with Gasteiger partial charge in [0.25, 0.3) is 0 Å². The fourth-order valence-electron chi connectivity index (χ4n) is 2.07. The van der Waals surface area contributed by atoms with Crippen LogP contribution in [-0.2, 0) is 11.2 Å². The number of aryl methyl sites for hydroxylation is 1. The Morgan fingerprint density at radius 2 is 2.37 bits per heavy atom. The van der Waals surface area contributed by atoms with E-state index in [4.69, 9.17) is 9.84 Å². The van der Waals surface area contributed by atoms with Gasteiger partial charge in [-0.05, 0) is 19.8 Å². The fourth-order valence-corrected chi connectivity index (χ4v) is 2.83. The smallest absolute Gasteiger partial charge is 0.0897 e. The molecule has 0 radical (unpaired) electrons. The van der Waals surface area contributed by atoms with E-state index in [1.165, 1.54) is 4.88 Å². The van der Waals surface area contributed by atoms with Crippen LogP contribution in [0.25, 0.3) is 0 Å². The first-order valence-corrected chi connectivity index (χ1v) is 7.59. The largest absolute Gasteiger partial charge is 0.393 e. The highest BCUT2D eigenvalue weighted by Gasteiger charge is 2.26. The molecule has 0 aromatic carbocycles. The summed E-state index contributed by atoms with van der Waals surface area (Å²) in [6.07, 6.45) is 1.79. The van der Waals surface area contributed by atoms with Gasteiger partial charge in [-0.1, -0.05) is 0 Å². The minimum Gasteiger partial charge on any atom is -0.393 e. The van der Waals surface area contributed by atoms with Crippen molar-refractivity contribution in [1.82, 2.24) is 10.3 Å². The van der Waals surface area contributed by atoms with Crippen LogP contribution in [0.4, 0.5) is 0 Å². The molecule has 1 unspecified atom stereocenters. The van der Waals surface area contributed by atoms with Crippen LogP contribution in [0.2, 0.25) is 0 Å². The summed E-state index contributed by atoms with van der Waals surface area (Å²) >= 11 is 1.64. The molecule has 1 aromatic heterocycles. The highest BCUT2D eigenvalue weighted by atomic mass is 32.1. The summed E-state index contributed by atoms with van der Waals surface area (Å²) in [5.74, 6) is 0. The van der Waals surface area contributed by atoms with Gasteiger partial charge in [0.1, 0.15) is 0 Å². The van der Waals surface area contributed by atoms with E-state index in [-0.39, 0.29) is 6.10 Å². The van der Waals surface area contributed by atoms with Gasteiger partial charge in [-0.25, -0.2) is 4.98 Å². The predicted octanol–water partition coefficient (Wildman–Crippen LogP) is 0.484. The molecule has 0 saturated heterocycles. The van der Waals surface area contributed by atoms with Crippen molar-refractivity contribution in [2.45, 2.75) is 44.4 Å². The lowest BCUT2D eigenvalue weighted by Gasteiger charge is -2.32. The summed E-state index contributed by atoms with van der Waals surface area (Å²) in [7, 11) is 0. The lowest BCUT2D eigenvalue weighted by molar-refractivity contribution is 0.0239. The molecule has 0 amide bonds. The van der Waals surface area contributed by atoms with Crippen LogP contribution in [0.1, 0.15) is 23.4 Å². The lowest BCUT2D eigenvalue weighted by atomic mass is 9.89. The number of aromatic nitrogens is 1. The lowest BCUT2D eigenvalue weighted by Crippen LogP contribution is -2.47. The van der Waals surface area contributed by atoms with E-state index in [2.05, 4.69) is 10.3 Å². The first-order valence-electron chi connectivity index (χ1n) is 6.71. The summed E-state index contributed by atoms with van der Waals surface area (Å²) in [6.45, 7) is 3.48. The Bertz CT molecular complexity index is 380. The van der Waals surface area contributed by atoms with E-state index in [1.807, 2.05) is 12.4 Å². The highest BCUT2D eigenvalue weighted by Crippen LogP contribution is 2.19. The molecule has 0 spiro atoms. The maximum Gasteiger partial charge on any atom is 0.0897 e. The number of nitrogens with zero attached hydrogens (tertiary/aromatic N) is 1. The minimum absolute atomic E-state index is 0.159. The number of aliphatic hydroxyl groups excluding tert-OH is 2. The first-order chi connectivity index (χ1) is 9.15. The van der Waals surface area contributed by atoms with Gasteiger partial charge in [-0.3, -0.25) is 0 Å². The van der Waals surface area contributed by atoms with Crippen molar-refractivity contribution in [2.75, 3.05) is 19.8 Å². The van der Waals surface area contributed by atoms with Gasteiger partial charge >= 0.3 is 0 Å². The molecule has 0 aliphatic heterocycles. The van der Waals surface area contributed by atoms with Crippen LogP contribution < -0.4 is 5.32 Å². The summed E-state index contributed by atoms with van der Waals surface area (Å²) in [5, 5.41) is 22.1. The van der Waals surface area contributed by atoms with Crippen LogP contribution in [0.5, 0.6) is 0 Å². The molecule has 5 nitrogen and oxygen atoms in total. The Kier molecular flexibility index (Phi) is 5.72. The quantitative estimate of drug-likeness (QED) is 0.606. The number of thiazole rings is 1. The molecule has 1 aliphatic rings. The second-order valence-electron chi connectivity index (χ2n) is 5.07. The SMILES string of the molecule is Cc1ncsc1CCOCC(O)CNC1CC(O)C1. The van der Waals surface area contributed by atoms with Crippen molar-refractivity contribution in [3.8, 4) is 0 Å². The van der Waals surface area contributed by atoms with Gasteiger partial charge in [0.2, 0.25) is 0 Å². The van der Waals surface area contributed by atoms with Crippen molar-refractivity contribution in [3.63, 3.8) is 0 Å². The van der Waals surface area contributed by atoms with Gasteiger partial charge in [0.15, 0.2) is 0 Å². The second kappa shape index (κ2) is 7.31. The number of aliphatic hydroxyl groups is 2. The van der Waals surface area contributed by atoms with Crippen LogP contribution in [-0.4, -0.2) is 53.2 Å². The van der Waals surface area contributed by atoms with Gasteiger partial charge in [0.05, 0.1) is 36.6 Å². The Hall–Kier alpha value is -0.530. The molecule has 2 rings (SSSR count). The number of ether oxygens (including phenoxy) is 1. The maximum absolute atomic E-state index is 9.74. The third-order valence-corrected chi connectivity index (χ3v) is 4.38. The Morgan fingerprint density at radius 3 is 3.00 bits per heavy atom. The maximum atomic E-state index is 9.74. The molecular weight excluding hydrogens is 264 g/mol. The van der Waals surface area contributed by atoms with Crippen molar-refractivity contribution >= 4 is 11.3 Å². The van der Waals surface area contributed by atoms with Gasteiger partial charge in [-0.2, -0.15) is 0 Å². The Labute approximate surface area is 117 Å². The van der Waals surface area contributed by atoms with E-state index >= 15 is 0 Å². The second-order valence-corrected chi connectivity index (χ2v) is 6.01. The normalized spacial score (nSPS) is 24.2. The van der Waals surface area contributed by atoms with Crippen molar-refractivity contribution in [2.24, 2.45) is 0 Å². The van der Waals surface area contributed by atoms with Crippen LogP contribution >= 0.6 is 11.3 Å². The van der Waals surface area contributed by atoms with E-state index < -0.39 is 6.10 Å². The zero-order valence-corrected chi connectivity index (χ0v) is 12.0. The molecule has 1 saturated carbocycles. The highest BCUT2D eigenvalue weighted by molar-refractivity contribution is 7.09. The molecule has 1 aromatic rings. The number of rotatable bonds is 8. The predicted molar refractivity (Wildman–Crippen MR) is 74.4 cm³/mol. The topological polar surface area (TPSA) is 74.6 Å². The van der Waals surface area contributed by atoms with Gasteiger partial charge in [-0.15, -0.1) is 11.3 Å².